The van der Waals surface area contributed by atoms with Gasteiger partial charge in [0.2, 0.25) is 5.91 Å². The Bertz CT molecular complexity index is 2020. The predicted octanol–water partition coefficient (Wildman–Crippen LogP) is 8.25. The van der Waals surface area contributed by atoms with Crippen molar-refractivity contribution in [2.75, 3.05) is 35.6 Å². The number of alkyl halides is 3. The number of thioether (sulfide) groups is 1. The zero-order chi connectivity index (χ0) is 43.9. The molecule has 3 aromatic rings. The first kappa shape index (κ1) is 47.4. The number of carbonyl (C=O) groups is 5. The highest BCUT2D eigenvalue weighted by Gasteiger charge is 2.33. The van der Waals surface area contributed by atoms with E-state index in [0.29, 0.717) is 36.5 Å². The van der Waals surface area contributed by atoms with E-state index in [1.165, 1.54) is 17.8 Å². The molecule has 60 heavy (non-hydrogen) atoms. The second-order valence-corrected chi connectivity index (χ2v) is 16.6. The van der Waals surface area contributed by atoms with Crippen LogP contribution >= 0.6 is 23.4 Å². The molecule has 0 saturated carbocycles. The molecule has 5 N–H and O–H groups in total. The van der Waals surface area contributed by atoms with Crippen LogP contribution in [0.3, 0.4) is 0 Å². The predicted molar refractivity (Wildman–Crippen MR) is 227 cm³/mol. The quantitative estimate of drug-likeness (QED) is 0.0478. The van der Waals surface area contributed by atoms with Gasteiger partial charge in [0, 0.05) is 48.8 Å². The Labute approximate surface area is 356 Å². The average molecular weight is 875 g/mol. The molecule has 0 spiro atoms. The molecule has 1 fully saturated rings. The molecule has 13 nitrogen and oxygen atoms in total. The maximum Gasteiger partial charge on any atom is 0.417 e. The van der Waals surface area contributed by atoms with E-state index < -0.39 is 52.3 Å². The van der Waals surface area contributed by atoms with Crippen LogP contribution in [0.25, 0.3) is 0 Å². The first-order valence-corrected chi connectivity index (χ1v) is 21.0. The molecular weight excluding hydrogens is 825 g/mol. The van der Waals surface area contributed by atoms with Crippen LogP contribution < -0.4 is 26.3 Å². The summed E-state index contributed by atoms with van der Waals surface area (Å²) in [6.45, 7) is 6.99. The minimum Gasteiger partial charge on any atom is -0.480 e. The van der Waals surface area contributed by atoms with E-state index in [0.717, 1.165) is 62.0 Å². The Morgan fingerprint density at radius 3 is 2.42 bits per heavy atom. The van der Waals surface area contributed by atoms with Crippen LogP contribution in [0.5, 0.6) is 0 Å². The van der Waals surface area contributed by atoms with E-state index in [-0.39, 0.29) is 35.6 Å². The van der Waals surface area contributed by atoms with Crippen LogP contribution in [0.15, 0.2) is 65.8 Å². The molecule has 4 rings (SSSR count). The van der Waals surface area contributed by atoms with Gasteiger partial charge in [0.15, 0.2) is 0 Å². The Kier molecular flexibility index (Phi) is 17.7. The number of rotatable bonds is 18. The first-order valence-electron chi connectivity index (χ1n) is 19.5. The number of hydrogen-bond donors (Lipinski definition) is 5. The molecule has 0 aliphatic carbocycles. The Hall–Kier alpha value is -5.29. The van der Waals surface area contributed by atoms with Gasteiger partial charge in [-0.1, -0.05) is 29.8 Å². The highest BCUT2D eigenvalue weighted by Crippen LogP contribution is 2.35. The van der Waals surface area contributed by atoms with Gasteiger partial charge in [-0.05, 0) is 113 Å². The average Bonchev–Trinajstić information content (AvgIpc) is 3.19. The SMILES string of the molecule is CC(C)(C)OC(=O)N[C@@H](CCCCNC(=O)CCSCc1cccc(C(=O)Nc2ccc(N3CCCCC3)cc2C(=O)NN=Cc2ccc(Cl)c(C(F)(F)F)c2)c1)C(=O)O. The maximum atomic E-state index is 13.5. The number of unbranched alkanes of at least 4 members (excludes halogenated alkanes) is 1. The molecule has 4 amide bonds. The summed E-state index contributed by atoms with van der Waals surface area (Å²) in [5.41, 5.74) is 2.92. The van der Waals surface area contributed by atoms with Gasteiger partial charge in [0.25, 0.3) is 11.8 Å². The Morgan fingerprint density at radius 2 is 1.72 bits per heavy atom. The van der Waals surface area contributed by atoms with E-state index in [1.807, 2.05) is 12.1 Å². The molecule has 3 aromatic carbocycles. The van der Waals surface area contributed by atoms with E-state index in [2.05, 4.69) is 31.4 Å². The number of hydrogen-bond acceptors (Lipinski definition) is 9. The lowest BCUT2D eigenvalue weighted by molar-refractivity contribution is -0.140. The van der Waals surface area contributed by atoms with Gasteiger partial charge in [-0.15, -0.1) is 0 Å². The number of benzene rings is 3. The van der Waals surface area contributed by atoms with Gasteiger partial charge in [0.1, 0.15) is 11.6 Å². The van der Waals surface area contributed by atoms with E-state index in [9.17, 15) is 42.3 Å². The van der Waals surface area contributed by atoms with Crippen LogP contribution in [-0.2, 0) is 26.3 Å². The fourth-order valence-electron chi connectivity index (χ4n) is 6.09. The Morgan fingerprint density at radius 1 is 0.967 bits per heavy atom. The number of amides is 4. The molecular formula is C42H50ClF3N6O7S. The molecule has 1 saturated heterocycles. The Balaban J connectivity index is 1.29. The summed E-state index contributed by atoms with van der Waals surface area (Å²) in [6.07, 6.45) is 0.0883. The third-order valence-corrected chi connectivity index (χ3v) is 10.4. The van der Waals surface area contributed by atoms with Crippen molar-refractivity contribution in [1.29, 1.82) is 0 Å². The normalized spacial score (nSPS) is 13.7. The number of piperidine rings is 1. The van der Waals surface area contributed by atoms with Crippen molar-refractivity contribution >= 4 is 70.7 Å². The third-order valence-electron chi connectivity index (χ3n) is 9.05. The number of ether oxygens (including phenoxy) is 1. The summed E-state index contributed by atoms with van der Waals surface area (Å²) in [4.78, 5) is 65.0. The first-order chi connectivity index (χ1) is 28.4. The molecule has 18 heteroatoms. The van der Waals surface area contributed by atoms with Crippen LogP contribution in [0.1, 0.15) is 103 Å². The second-order valence-electron chi connectivity index (χ2n) is 15.1. The van der Waals surface area contributed by atoms with Crippen LogP contribution in [0, 0.1) is 0 Å². The molecule has 0 aromatic heterocycles. The number of anilines is 2. The van der Waals surface area contributed by atoms with Crippen molar-refractivity contribution in [2.45, 2.75) is 89.3 Å². The fraction of sp³-hybridized carbons (Fsp3) is 0.429. The topological polar surface area (TPSA) is 179 Å². The summed E-state index contributed by atoms with van der Waals surface area (Å²) >= 11 is 7.23. The van der Waals surface area contributed by atoms with Crippen LogP contribution in [-0.4, -0.2) is 78.1 Å². The molecule has 0 radical (unpaired) electrons. The van der Waals surface area contributed by atoms with Crippen LogP contribution in [0.4, 0.5) is 29.3 Å². The van der Waals surface area contributed by atoms with Gasteiger partial charge in [0.05, 0.1) is 28.1 Å². The summed E-state index contributed by atoms with van der Waals surface area (Å²) < 4.78 is 45.1. The smallest absolute Gasteiger partial charge is 0.417 e. The highest BCUT2D eigenvalue weighted by molar-refractivity contribution is 7.98. The minimum absolute atomic E-state index is 0.0669. The van der Waals surface area contributed by atoms with Crippen molar-refractivity contribution in [1.82, 2.24) is 16.1 Å². The van der Waals surface area contributed by atoms with Gasteiger partial charge in [-0.3, -0.25) is 14.4 Å². The number of alkyl carbamates (subject to hydrolysis) is 1. The molecule has 1 atom stereocenters. The summed E-state index contributed by atoms with van der Waals surface area (Å²) in [6, 6.07) is 14.2. The van der Waals surface area contributed by atoms with Crippen molar-refractivity contribution < 1.29 is 47.0 Å². The largest absolute Gasteiger partial charge is 0.480 e. The van der Waals surface area contributed by atoms with E-state index in [1.54, 1.807) is 51.1 Å². The zero-order valence-electron chi connectivity index (χ0n) is 33.6. The zero-order valence-corrected chi connectivity index (χ0v) is 35.2. The monoisotopic (exact) mass is 874 g/mol. The molecule has 0 bridgehead atoms. The van der Waals surface area contributed by atoms with Crippen molar-refractivity contribution in [2.24, 2.45) is 5.10 Å². The lowest BCUT2D eigenvalue weighted by Crippen LogP contribution is -2.43. The number of halogens is 4. The van der Waals surface area contributed by atoms with Crippen molar-refractivity contribution in [3.05, 3.63) is 93.5 Å². The van der Waals surface area contributed by atoms with E-state index >= 15 is 0 Å². The number of hydrazone groups is 1. The fourth-order valence-corrected chi connectivity index (χ4v) is 7.21. The molecule has 0 unspecified atom stereocenters. The summed E-state index contributed by atoms with van der Waals surface area (Å²) in [5.74, 6) is -1.45. The number of nitrogens with zero attached hydrogens (tertiary/aromatic N) is 2. The minimum atomic E-state index is -4.67. The number of aliphatic carboxylic acids is 1. The van der Waals surface area contributed by atoms with Crippen LogP contribution in [0.2, 0.25) is 5.02 Å². The number of nitrogens with one attached hydrogen (secondary N) is 4. The summed E-state index contributed by atoms with van der Waals surface area (Å²) in [7, 11) is 0. The summed E-state index contributed by atoms with van der Waals surface area (Å²) in [5, 5.41) is 20.8. The van der Waals surface area contributed by atoms with Crippen molar-refractivity contribution in [3.8, 4) is 0 Å². The number of carboxylic acids is 1. The molecule has 1 aliphatic rings. The standard InChI is InChI=1S/C42H50ClF3N6O7S/c1-41(2,3)59-40(58)50-35(39(56)57)12-5-6-18-47-36(53)17-21-60-26-28-10-9-11-29(22-28)37(54)49-34-16-14-30(52-19-7-4-8-20-52)24-31(34)38(55)51-48-25-27-13-15-33(43)32(23-27)42(44,45)46/h9-11,13-16,22-25,35H,4-8,12,17-21,26H2,1-3H3,(H,47,53)(H,49,54)(H,50,58)(H,51,55)(H,56,57)/t35-/m0/s1. The lowest BCUT2D eigenvalue weighted by atomic mass is 10.1. The number of carboxylic acid groups (broad SMARTS) is 1. The highest BCUT2D eigenvalue weighted by atomic mass is 35.5. The van der Waals surface area contributed by atoms with Gasteiger partial charge in [-0.2, -0.15) is 30.0 Å². The lowest BCUT2D eigenvalue weighted by Gasteiger charge is -2.29. The van der Waals surface area contributed by atoms with Gasteiger partial charge in [-0.25, -0.2) is 15.0 Å². The maximum absolute atomic E-state index is 13.5. The van der Waals surface area contributed by atoms with E-state index in [4.69, 9.17) is 16.3 Å². The van der Waals surface area contributed by atoms with Gasteiger partial charge >= 0.3 is 18.2 Å². The third kappa shape index (κ3) is 15.7. The van der Waals surface area contributed by atoms with Gasteiger partial charge < -0.3 is 30.7 Å². The molecule has 1 aliphatic heterocycles. The molecule has 324 valence electrons. The molecule has 1 heterocycles. The second kappa shape index (κ2) is 22.4. The van der Waals surface area contributed by atoms with Crippen molar-refractivity contribution in [3.63, 3.8) is 0 Å². The number of carbonyl (C=O) groups excluding carboxylic acids is 4.